The second kappa shape index (κ2) is 3.74. The second-order valence-corrected chi connectivity index (χ2v) is 5.68. The maximum absolute atomic E-state index is 5.84. The van der Waals surface area contributed by atoms with Gasteiger partial charge in [0, 0.05) is 12.8 Å². The molecule has 0 aromatic carbocycles. The predicted octanol–water partition coefficient (Wildman–Crippen LogP) is 2.97. The molecular formula is C13H22O2. The van der Waals surface area contributed by atoms with Crippen molar-refractivity contribution < 1.29 is 9.47 Å². The van der Waals surface area contributed by atoms with Gasteiger partial charge in [-0.05, 0) is 30.6 Å². The fourth-order valence-electron chi connectivity index (χ4n) is 4.02. The van der Waals surface area contributed by atoms with Crippen molar-refractivity contribution in [2.75, 3.05) is 13.2 Å². The summed E-state index contributed by atoms with van der Waals surface area (Å²) in [5, 5.41) is 0. The Hall–Kier alpha value is -0.0800. The van der Waals surface area contributed by atoms with Gasteiger partial charge in [0.1, 0.15) is 0 Å². The summed E-state index contributed by atoms with van der Waals surface area (Å²) < 4.78 is 11.7. The highest BCUT2D eigenvalue weighted by Crippen LogP contribution is 2.49. The minimum absolute atomic E-state index is 0.155. The zero-order chi connectivity index (χ0) is 10.3. The zero-order valence-electron chi connectivity index (χ0n) is 9.71. The molecular weight excluding hydrogens is 188 g/mol. The van der Waals surface area contributed by atoms with Gasteiger partial charge in [-0.3, -0.25) is 0 Å². The van der Waals surface area contributed by atoms with Crippen molar-refractivity contribution >= 4 is 0 Å². The standard InChI is InChI=1S/C13H22O2/c1-10-3-2-4-11-9-13(6-5-12(10)11)14-7-8-15-13/h10-12H,2-9H2,1H3/t10-,11?,12?/m1/s1. The Labute approximate surface area is 92.3 Å². The van der Waals surface area contributed by atoms with Crippen LogP contribution in [-0.4, -0.2) is 19.0 Å². The second-order valence-electron chi connectivity index (χ2n) is 5.68. The summed E-state index contributed by atoms with van der Waals surface area (Å²) in [6.07, 6.45) is 7.89. The van der Waals surface area contributed by atoms with Gasteiger partial charge < -0.3 is 9.47 Å². The SMILES string of the molecule is C[C@@H]1CCCC2CC3(CCC21)OCCO3. The number of rotatable bonds is 0. The minimum Gasteiger partial charge on any atom is -0.348 e. The lowest BCUT2D eigenvalue weighted by Crippen LogP contribution is -2.43. The van der Waals surface area contributed by atoms with Gasteiger partial charge in [-0.25, -0.2) is 0 Å². The van der Waals surface area contributed by atoms with E-state index in [0.29, 0.717) is 0 Å². The summed E-state index contributed by atoms with van der Waals surface area (Å²) in [5.41, 5.74) is 0. The molecule has 0 aromatic heterocycles. The molecule has 3 fully saturated rings. The fraction of sp³-hybridized carbons (Fsp3) is 1.00. The van der Waals surface area contributed by atoms with Crippen LogP contribution in [0.1, 0.15) is 45.4 Å². The Bertz CT molecular complexity index is 233. The maximum Gasteiger partial charge on any atom is 0.168 e. The van der Waals surface area contributed by atoms with E-state index in [4.69, 9.17) is 9.47 Å². The third-order valence-corrected chi connectivity index (χ3v) is 4.82. The highest BCUT2D eigenvalue weighted by molar-refractivity contribution is 4.91. The molecule has 0 N–H and O–H groups in total. The molecule has 2 unspecified atom stereocenters. The first-order valence-electron chi connectivity index (χ1n) is 6.57. The van der Waals surface area contributed by atoms with Crippen LogP contribution in [0.5, 0.6) is 0 Å². The molecule has 1 aliphatic heterocycles. The number of ether oxygens (including phenoxy) is 2. The summed E-state index contributed by atoms with van der Waals surface area (Å²) in [5.74, 6) is 2.61. The molecule has 0 aromatic rings. The van der Waals surface area contributed by atoms with Crippen LogP contribution in [0.4, 0.5) is 0 Å². The van der Waals surface area contributed by atoms with E-state index in [1.54, 1.807) is 0 Å². The van der Waals surface area contributed by atoms with Crippen molar-refractivity contribution in [3.63, 3.8) is 0 Å². The molecule has 2 heteroatoms. The van der Waals surface area contributed by atoms with Crippen molar-refractivity contribution in [1.82, 2.24) is 0 Å². The van der Waals surface area contributed by atoms with E-state index in [1.807, 2.05) is 0 Å². The van der Waals surface area contributed by atoms with Crippen LogP contribution in [0.25, 0.3) is 0 Å². The average Bonchev–Trinajstić information content (AvgIpc) is 2.66. The molecule has 3 atom stereocenters. The van der Waals surface area contributed by atoms with Crippen molar-refractivity contribution in [1.29, 1.82) is 0 Å². The molecule has 2 nitrogen and oxygen atoms in total. The molecule has 3 rings (SSSR count). The van der Waals surface area contributed by atoms with Gasteiger partial charge in [-0.1, -0.05) is 19.8 Å². The van der Waals surface area contributed by atoms with Gasteiger partial charge >= 0.3 is 0 Å². The molecule has 15 heavy (non-hydrogen) atoms. The van der Waals surface area contributed by atoms with E-state index >= 15 is 0 Å². The summed E-state index contributed by atoms with van der Waals surface area (Å²) >= 11 is 0. The van der Waals surface area contributed by atoms with Crippen LogP contribution in [0.2, 0.25) is 0 Å². The molecule has 1 saturated heterocycles. The molecule has 0 bridgehead atoms. The molecule has 3 aliphatic rings. The Morgan fingerprint density at radius 2 is 1.87 bits per heavy atom. The van der Waals surface area contributed by atoms with E-state index in [2.05, 4.69) is 6.92 Å². The molecule has 2 saturated carbocycles. The highest BCUT2D eigenvalue weighted by Gasteiger charge is 2.46. The quantitative estimate of drug-likeness (QED) is 0.612. The number of hydrogen-bond donors (Lipinski definition) is 0. The van der Waals surface area contributed by atoms with Crippen molar-refractivity contribution in [2.24, 2.45) is 17.8 Å². The van der Waals surface area contributed by atoms with Crippen molar-refractivity contribution in [2.45, 2.75) is 51.2 Å². The van der Waals surface area contributed by atoms with Crippen LogP contribution in [0, 0.1) is 17.8 Å². The minimum atomic E-state index is -0.155. The Morgan fingerprint density at radius 1 is 1.07 bits per heavy atom. The fourth-order valence-corrected chi connectivity index (χ4v) is 4.02. The van der Waals surface area contributed by atoms with Gasteiger partial charge in [0.05, 0.1) is 13.2 Å². The Balaban J connectivity index is 1.72. The largest absolute Gasteiger partial charge is 0.348 e. The smallest absolute Gasteiger partial charge is 0.168 e. The molecule has 86 valence electrons. The molecule has 1 heterocycles. The topological polar surface area (TPSA) is 18.5 Å². The summed E-state index contributed by atoms with van der Waals surface area (Å²) in [6, 6.07) is 0. The summed E-state index contributed by atoms with van der Waals surface area (Å²) in [4.78, 5) is 0. The van der Waals surface area contributed by atoms with E-state index in [9.17, 15) is 0 Å². The molecule has 0 amide bonds. The van der Waals surface area contributed by atoms with E-state index in [0.717, 1.165) is 37.4 Å². The zero-order valence-corrected chi connectivity index (χ0v) is 9.71. The van der Waals surface area contributed by atoms with Crippen LogP contribution < -0.4 is 0 Å². The van der Waals surface area contributed by atoms with E-state index in [1.165, 1.54) is 32.1 Å². The van der Waals surface area contributed by atoms with Crippen molar-refractivity contribution in [3.05, 3.63) is 0 Å². The molecule has 1 spiro atoms. The van der Waals surface area contributed by atoms with Crippen LogP contribution in [0.3, 0.4) is 0 Å². The van der Waals surface area contributed by atoms with Crippen LogP contribution in [-0.2, 0) is 9.47 Å². The Kier molecular flexibility index (Phi) is 2.52. The van der Waals surface area contributed by atoms with E-state index < -0.39 is 0 Å². The van der Waals surface area contributed by atoms with Gasteiger partial charge in [-0.2, -0.15) is 0 Å². The first-order chi connectivity index (χ1) is 7.29. The van der Waals surface area contributed by atoms with Gasteiger partial charge in [0.25, 0.3) is 0 Å². The first kappa shape index (κ1) is 10.1. The normalized spacial score (nSPS) is 44.2. The lowest BCUT2D eigenvalue weighted by atomic mass is 9.64. The predicted molar refractivity (Wildman–Crippen MR) is 58.5 cm³/mol. The first-order valence-corrected chi connectivity index (χ1v) is 6.57. The van der Waals surface area contributed by atoms with Gasteiger partial charge in [-0.15, -0.1) is 0 Å². The van der Waals surface area contributed by atoms with Crippen LogP contribution in [0.15, 0.2) is 0 Å². The molecule has 0 radical (unpaired) electrons. The lowest BCUT2D eigenvalue weighted by Gasteiger charge is -2.46. The van der Waals surface area contributed by atoms with E-state index in [-0.39, 0.29) is 5.79 Å². The third-order valence-electron chi connectivity index (χ3n) is 4.82. The Morgan fingerprint density at radius 3 is 2.67 bits per heavy atom. The van der Waals surface area contributed by atoms with Gasteiger partial charge in [0.2, 0.25) is 0 Å². The lowest BCUT2D eigenvalue weighted by molar-refractivity contribution is -0.201. The summed E-state index contributed by atoms with van der Waals surface area (Å²) in [7, 11) is 0. The highest BCUT2D eigenvalue weighted by atomic mass is 16.7. The third kappa shape index (κ3) is 1.72. The van der Waals surface area contributed by atoms with Gasteiger partial charge in [0.15, 0.2) is 5.79 Å². The molecule has 2 aliphatic carbocycles. The maximum atomic E-state index is 5.84. The average molecular weight is 210 g/mol. The van der Waals surface area contributed by atoms with Crippen molar-refractivity contribution in [3.8, 4) is 0 Å². The summed E-state index contributed by atoms with van der Waals surface area (Å²) in [6.45, 7) is 4.06. The number of fused-ring (bicyclic) bond motifs is 1. The monoisotopic (exact) mass is 210 g/mol. The van der Waals surface area contributed by atoms with Crippen LogP contribution >= 0.6 is 0 Å². The number of hydrogen-bond acceptors (Lipinski definition) is 2.